The summed E-state index contributed by atoms with van der Waals surface area (Å²) in [6.45, 7) is 4.49. The highest BCUT2D eigenvalue weighted by Crippen LogP contribution is 2.55. The Balaban J connectivity index is 1.28. The van der Waals surface area contributed by atoms with Crippen molar-refractivity contribution in [1.29, 1.82) is 0 Å². The zero-order valence-corrected chi connectivity index (χ0v) is 21.8. The maximum absolute atomic E-state index is 13.0. The van der Waals surface area contributed by atoms with E-state index in [1.165, 1.54) is 76.8 Å². The summed E-state index contributed by atoms with van der Waals surface area (Å²) >= 11 is 3.56. The fraction of sp³-hybridized carbons (Fsp3) is 0.161. The van der Waals surface area contributed by atoms with Crippen molar-refractivity contribution < 1.29 is 13.2 Å². The molecule has 3 aromatic carbocycles. The van der Waals surface area contributed by atoms with Gasteiger partial charge in [0.1, 0.15) is 0 Å². The molecule has 2 aliphatic rings. The smallest absolute Gasteiger partial charge is 0.399 e. The third-order valence-electron chi connectivity index (χ3n) is 7.76. The fourth-order valence-corrected chi connectivity index (χ4v) is 8.50. The quantitative estimate of drug-likeness (QED) is 0.222. The van der Waals surface area contributed by atoms with E-state index in [1.807, 2.05) is 23.5 Å². The average Bonchev–Trinajstić information content (AvgIpc) is 3.61. The Morgan fingerprint density at radius 1 is 0.676 bits per heavy atom. The van der Waals surface area contributed by atoms with Gasteiger partial charge in [-0.25, -0.2) is 0 Å². The van der Waals surface area contributed by atoms with Crippen LogP contribution in [0.15, 0.2) is 60.7 Å². The Labute approximate surface area is 221 Å². The van der Waals surface area contributed by atoms with Crippen molar-refractivity contribution >= 4 is 28.4 Å². The first-order valence-corrected chi connectivity index (χ1v) is 13.8. The van der Waals surface area contributed by atoms with Gasteiger partial charge in [-0.2, -0.15) is 13.2 Å². The molecule has 0 spiro atoms. The maximum atomic E-state index is 13.0. The van der Waals surface area contributed by atoms with Crippen LogP contribution in [-0.4, -0.2) is 0 Å². The summed E-state index contributed by atoms with van der Waals surface area (Å²) in [7, 11) is 0. The van der Waals surface area contributed by atoms with Crippen molar-refractivity contribution in [3.05, 3.63) is 99.6 Å². The number of benzene rings is 3. The predicted molar refractivity (Wildman–Crippen MR) is 148 cm³/mol. The molecule has 2 aromatic heterocycles. The van der Waals surface area contributed by atoms with E-state index in [0.717, 1.165) is 29.0 Å². The lowest BCUT2D eigenvalue weighted by atomic mass is 9.90. The Bertz CT molecular complexity index is 1720. The highest BCUT2D eigenvalue weighted by Gasteiger charge is 2.34. The molecule has 2 N–H and O–H groups in total. The Hall–Kier alpha value is -3.35. The second-order valence-electron chi connectivity index (χ2n) is 9.94. The molecule has 0 saturated heterocycles. The Morgan fingerprint density at radius 2 is 1.11 bits per heavy atom. The van der Waals surface area contributed by atoms with Gasteiger partial charge in [0, 0.05) is 25.2 Å². The minimum Gasteiger partial charge on any atom is -0.399 e. The average molecular weight is 530 g/mol. The molecule has 0 unspecified atom stereocenters. The summed E-state index contributed by atoms with van der Waals surface area (Å²) in [5.74, 6) is 0. The number of alkyl halides is 3. The molecule has 0 atom stereocenters. The van der Waals surface area contributed by atoms with E-state index >= 15 is 0 Å². The molecule has 0 saturated carbocycles. The van der Waals surface area contributed by atoms with Gasteiger partial charge in [-0.15, -0.1) is 22.7 Å². The molecular weight excluding hydrogens is 507 g/mol. The normalized spacial score (nSPS) is 13.4. The summed E-state index contributed by atoms with van der Waals surface area (Å²) in [5.41, 5.74) is 19.0. The number of nitrogens with two attached hydrogens (primary N) is 1. The summed E-state index contributed by atoms with van der Waals surface area (Å²) in [6, 6.07) is 18.1. The van der Waals surface area contributed by atoms with Crippen LogP contribution in [0, 0.1) is 13.8 Å². The van der Waals surface area contributed by atoms with Crippen molar-refractivity contribution in [3.8, 4) is 41.8 Å². The van der Waals surface area contributed by atoms with Crippen LogP contribution in [0.1, 0.15) is 38.9 Å². The standard InChI is InChI=1S/C31H22F3NS2/c1-15-24-12-20-14-26(18-5-9-22(35)10-6-18)37-30(20)28(24)16(2)23-11-19-13-25(36-29(19)27(15)23)17-3-7-21(8-4-17)31(32,33)34/h3-10,13-14H,11-12,35H2,1-2H3. The molecule has 2 aliphatic carbocycles. The first-order valence-electron chi connectivity index (χ1n) is 12.1. The molecule has 0 aliphatic heterocycles. The molecular formula is C31H22F3NS2. The van der Waals surface area contributed by atoms with E-state index in [0.29, 0.717) is 0 Å². The Morgan fingerprint density at radius 3 is 1.54 bits per heavy atom. The van der Waals surface area contributed by atoms with Crippen LogP contribution in [0.2, 0.25) is 0 Å². The van der Waals surface area contributed by atoms with Crippen LogP contribution in [-0.2, 0) is 19.0 Å². The molecule has 0 amide bonds. The number of hydrogen-bond acceptors (Lipinski definition) is 3. The molecule has 5 aromatic rings. The number of thiophene rings is 2. The largest absolute Gasteiger partial charge is 0.416 e. The number of nitrogen functional groups attached to an aromatic ring is 1. The van der Waals surface area contributed by atoms with Crippen molar-refractivity contribution in [3.63, 3.8) is 0 Å². The van der Waals surface area contributed by atoms with Crippen molar-refractivity contribution in [2.24, 2.45) is 0 Å². The van der Waals surface area contributed by atoms with E-state index in [-0.39, 0.29) is 0 Å². The van der Waals surface area contributed by atoms with Crippen LogP contribution >= 0.6 is 22.7 Å². The lowest BCUT2D eigenvalue weighted by Gasteiger charge is -2.16. The minimum atomic E-state index is -4.32. The number of anilines is 1. The summed E-state index contributed by atoms with van der Waals surface area (Å²) in [5, 5.41) is 0. The first kappa shape index (κ1) is 22.8. The third kappa shape index (κ3) is 3.42. The second kappa shape index (κ2) is 7.83. The SMILES string of the molecule is Cc1c2c(c(C)c3c1-c1sc(-c4ccc(N)cc4)cc1C3)-c1sc(-c3ccc(C(F)(F)F)cc3)cc1C2. The number of fused-ring (bicyclic) bond motifs is 6. The molecule has 184 valence electrons. The molecule has 37 heavy (non-hydrogen) atoms. The van der Waals surface area contributed by atoms with Gasteiger partial charge in [-0.3, -0.25) is 0 Å². The van der Waals surface area contributed by atoms with E-state index in [2.05, 4.69) is 38.1 Å². The zero-order valence-electron chi connectivity index (χ0n) is 20.2. The van der Waals surface area contributed by atoms with E-state index in [1.54, 1.807) is 23.5 Å². The van der Waals surface area contributed by atoms with Crippen LogP contribution in [0.4, 0.5) is 18.9 Å². The molecule has 7 rings (SSSR count). The lowest BCUT2D eigenvalue weighted by molar-refractivity contribution is -0.137. The molecule has 0 radical (unpaired) electrons. The summed E-state index contributed by atoms with van der Waals surface area (Å²) in [4.78, 5) is 4.94. The van der Waals surface area contributed by atoms with Crippen LogP contribution in [0.5, 0.6) is 0 Å². The molecule has 2 heterocycles. The monoisotopic (exact) mass is 529 g/mol. The van der Waals surface area contributed by atoms with Gasteiger partial charge in [-0.1, -0.05) is 24.3 Å². The number of halogens is 3. The van der Waals surface area contributed by atoms with E-state index in [4.69, 9.17) is 5.73 Å². The molecule has 6 heteroatoms. The van der Waals surface area contributed by atoms with Crippen molar-refractivity contribution in [2.45, 2.75) is 32.9 Å². The molecule has 0 bridgehead atoms. The minimum absolute atomic E-state index is 0.611. The third-order valence-corrected chi connectivity index (χ3v) is 10.2. The van der Waals surface area contributed by atoms with E-state index in [9.17, 15) is 13.2 Å². The number of hydrogen-bond donors (Lipinski definition) is 1. The molecule has 1 nitrogen and oxygen atoms in total. The number of rotatable bonds is 2. The van der Waals surface area contributed by atoms with E-state index < -0.39 is 11.7 Å². The topological polar surface area (TPSA) is 26.0 Å². The lowest BCUT2D eigenvalue weighted by Crippen LogP contribution is -2.03. The first-order chi connectivity index (χ1) is 17.7. The second-order valence-corrected chi connectivity index (χ2v) is 12.0. The van der Waals surface area contributed by atoms with Crippen molar-refractivity contribution in [2.75, 3.05) is 5.73 Å². The zero-order chi connectivity index (χ0) is 25.6. The molecule has 0 fully saturated rings. The van der Waals surface area contributed by atoms with Crippen LogP contribution < -0.4 is 5.73 Å². The summed E-state index contributed by atoms with van der Waals surface area (Å²) in [6.07, 6.45) is -2.52. The van der Waals surface area contributed by atoms with Gasteiger partial charge >= 0.3 is 6.18 Å². The van der Waals surface area contributed by atoms with Crippen LogP contribution in [0.25, 0.3) is 41.8 Å². The van der Waals surface area contributed by atoms with Crippen LogP contribution in [0.3, 0.4) is 0 Å². The predicted octanol–water partition coefficient (Wildman–Crippen LogP) is 9.50. The van der Waals surface area contributed by atoms with Gasteiger partial charge < -0.3 is 5.73 Å². The fourth-order valence-electron chi connectivity index (χ4n) is 5.87. The van der Waals surface area contributed by atoms with Gasteiger partial charge in [0.05, 0.1) is 5.56 Å². The van der Waals surface area contributed by atoms with Crippen molar-refractivity contribution in [1.82, 2.24) is 0 Å². The van der Waals surface area contributed by atoms with Gasteiger partial charge in [-0.05, 0) is 119 Å². The van der Waals surface area contributed by atoms with Gasteiger partial charge in [0.2, 0.25) is 0 Å². The maximum Gasteiger partial charge on any atom is 0.416 e. The highest BCUT2D eigenvalue weighted by molar-refractivity contribution is 7.19. The van der Waals surface area contributed by atoms with Gasteiger partial charge in [0.15, 0.2) is 0 Å². The Kier molecular flexibility index (Phi) is 4.83. The van der Waals surface area contributed by atoms with Gasteiger partial charge in [0.25, 0.3) is 0 Å². The summed E-state index contributed by atoms with van der Waals surface area (Å²) < 4.78 is 39.0. The highest BCUT2D eigenvalue weighted by atomic mass is 32.1.